The van der Waals surface area contributed by atoms with E-state index in [4.69, 9.17) is 5.11 Å². The molecule has 0 saturated carbocycles. The standard InChI is InChI=1S/C9H2F18O/c10-1(11)2(12,13)3(14,15)4(16,17)5(18,19)6(20,21)7(22,23)8(24,25)9(26,27)28/h1,28H. The SMILES string of the molecule is OC(F)(F)C(F)(F)C(F)(F)C(F)(F)C(F)(F)C(F)(F)C(F)(F)C(F)(F)C(F)F. The molecule has 0 rings (SSSR count). The Kier molecular flexibility index (Phi) is 6.05. The summed E-state index contributed by atoms with van der Waals surface area (Å²) in [6.07, 6.45) is -13.4. The molecular formula is C9H2F18O. The van der Waals surface area contributed by atoms with Gasteiger partial charge in [-0.05, 0) is 0 Å². The van der Waals surface area contributed by atoms with Gasteiger partial charge in [-0.2, -0.15) is 70.2 Å². The molecule has 0 atom stereocenters. The van der Waals surface area contributed by atoms with E-state index < -0.39 is 54.0 Å². The highest BCUT2D eigenvalue weighted by Gasteiger charge is 2.95. The van der Waals surface area contributed by atoms with Crippen molar-refractivity contribution in [2.45, 2.75) is 54.0 Å². The Bertz CT molecular complexity index is 570. The van der Waals surface area contributed by atoms with Crippen LogP contribution >= 0.6 is 0 Å². The van der Waals surface area contributed by atoms with Gasteiger partial charge in [-0.1, -0.05) is 0 Å². The second kappa shape index (κ2) is 6.35. The van der Waals surface area contributed by atoms with Crippen LogP contribution in [0.4, 0.5) is 79.0 Å². The second-order valence-corrected chi connectivity index (χ2v) is 4.91. The van der Waals surface area contributed by atoms with Crippen LogP contribution in [0, 0.1) is 0 Å². The molecule has 19 heteroatoms. The lowest BCUT2D eigenvalue weighted by molar-refractivity contribution is -0.471. The Morgan fingerprint density at radius 1 is 0.393 bits per heavy atom. The fourth-order valence-corrected chi connectivity index (χ4v) is 1.32. The zero-order valence-corrected chi connectivity index (χ0v) is 11.8. The van der Waals surface area contributed by atoms with E-state index in [1.54, 1.807) is 0 Å². The topological polar surface area (TPSA) is 20.2 Å². The zero-order chi connectivity index (χ0) is 23.6. The van der Waals surface area contributed by atoms with Gasteiger partial charge >= 0.3 is 54.0 Å². The maximum atomic E-state index is 13.0. The molecule has 0 aromatic carbocycles. The van der Waals surface area contributed by atoms with Crippen LogP contribution in [0.2, 0.25) is 0 Å². The molecule has 0 aromatic rings. The minimum Gasteiger partial charge on any atom is -0.331 e. The summed E-state index contributed by atoms with van der Waals surface area (Å²) in [5.74, 6) is -58.7. The van der Waals surface area contributed by atoms with Crippen LogP contribution in [0.1, 0.15) is 0 Å². The van der Waals surface area contributed by atoms with Gasteiger partial charge in [0.2, 0.25) is 0 Å². The number of alkyl halides is 18. The molecule has 0 aliphatic heterocycles. The summed E-state index contributed by atoms with van der Waals surface area (Å²) in [5.41, 5.74) is 0. The molecule has 0 aromatic heterocycles. The van der Waals surface area contributed by atoms with Crippen molar-refractivity contribution in [1.82, 2.24) is 0 Å². The predicted molar refractivity (Wildman–Crippen MR) is 47.8 cm³/mol. The van der Waals surface area contributed by atoms with E-state index in [1.807, 2.05) is 0 Å². The van der Waals surface area contributed by atoms with E-state index >= 15 is 0 Å². The molecule has 0 aliphatic carbocycles. The smallest absolute Gasteiger partial charge is 0.331 e. The van der Waals surface area contributed by atoms with Crippen LogP contribution in [-0.4, -0.2) is 59.1 Å². The van der Waals surface area contributed by atoms with Crippen molar-refractivity contribution in [2.24, 2.45) is 0 Å². The van der Waals surface area contributed by atoms with Gasteiger partial charge in [-0.3, -0.25) is 0 Å². The predicted octanol–water partition coefficient (Wildman–Crippen LogP) is 5.28. The third-order valence-electron chi connectivity index (χ3n) is 3.04. The van der Waals surface area contributed by atoms with Gasteiger partial charge in [-0.25, -0.2) is 8.78 Å². The van der Waals surface area contributed by atoms with Crippen molar-refractivity contribution in [3.05, 3.63) is 0 Å². The molecule has 0 heterocycles. The van der Waals surface area contributed by atoms with Gasteiger partial charge in [0.15, 0.2) is 0 Å². The van der Waals surface area contributed by atoms with Gasteiger partial charge in [0.1, 0.15) is 0 Å². The maximum Gasteiger partial charge on any atom is 0.423 e. The highest BCUT2D eigenvalue weighted by atomic mass is 19.4. The summed E-state index contributed by atoms with van der Waals surface area (Å²) in [5, 5.41) is 7.38. The number of aliphatic hydroxyl groups is 1. The van der Waals surface area contributed by atoms with E-state index in [0.29, 0.717) is 0 Å². The zero-order valence-electron chi connectivity index (χ0n) is 11.8. The van der Waals surface area contributed by atoms with Gasteiger partial charge in [0.05, 0.1) is 0 Å². The number of hydrogen-bond donors (Lipinski definition) is 1. The summed E-state index contributed by atoms with van der Waals surface area (Å²) in [4.78, 5) is 0. The maximum absolute atomic E-state index is 13.0. The molecule has 1 nitrogen and oxygen atoms in total. The first-order valence-corrected chi connectivity index (χ1v) is 5.72. The average Bonchev–Trinajstić information content (AvgIpc) is 2.44. The van der Waals surface area contributed by atoms with Crippen molar-refractivity contribution >= 4 is 0 Å². The van der Waals surface area contributed by atoms with E-state index in [-0.39, 0.29) is 0 Å². The van der Waals surface area contributed by atoms with E-state index in [0.717, 1.165) is 0 Å². The van der Waals surface area contributed by atoms with Crippen LogP contribution in [-0.2, 0) is 0 Å². The number of halogens is 18. The van der Waals surface area contributed by atoms with Crippen molar-refractivity contribution in [2.75, 3.05) is 0 Å². The first-order valence-electron chi connectivity index (χ1n) is 5.72. The lowest BCUT2D eigenvalue weighted by atomic mass is 9.89. The first kappa shape index (κ1) is 26.7. The van der Waals surface area contributed by atoms with Crippen molar-refractivity contribution in [3.8, 4) is 0 Å². The fourth-order valence-electron chi connectivity index (χ4n) is 1.32. The molecule has 0 bridgehead atoms. The number of hydrogen-bond acceptors (Lipinski definition) is 1. The molecule has 0 amide bonds. The monoisotopic (exact) mass is 468 g/mol. The molecule has 0 aliphatic rings. The van der Waals surface area contributed by atoms with Crippen LogP contribution in [0.5, 0.6) is 0 Å². The minimum absolute atomic E-state index is 6.00. The van der Waals surface area contributed by atoms with Crippen LogP contribution in [0.25, 0.3) is 0 Å². The molecule has 170 valence electrons. The summed E-state index contributed by atoms with van der Waals surface area (Å²) in [6, 6.07) is 0. The average molecular weight is 468 g/mol. The quantitative estimate of drug-likeness (QED) is 0.481. The highest BCUT2D eigenvalue weighted by Crippen LogP contribution is 2.63. The Morgan fingerprint density at radius 3 is 0.821 bits per heavy atom. The summed E-state index contributed by atoms with van der Waals surface area (Å²) in [6.45, 7) is 0. The molecule has 0 saturated heterocycles. The Morgan fingerprint density at radius 2 is 0.607 bits per heavy atom. The molecule has 0 fully saturated rings. The molecular weight excluding hydrogens is 466 g/mol. The normalized spacial score (nSPS) is 16.7. The van der Waals surface area contributed by atoms with Crippen molar-refractivity contribution in [3.63, 3.8) is 0 Å². The Hall–Kier alpha value is -1.30. The van der Waals surface area contributed by atoms with Crippen LogP contribution in [0.3, 0.4) is 0 Å². The van der Waals surface area contributed by atoms with Gasteiger partial charge in [0.25, 0.3) is 0 Å². The molecule has 0 unspecified atom stereocenters. The van der Waals surface area contributed by atoms with Gasteiger partial charge < -0.3 is 5.11 Å². The van der Waals surface area contributed by atoms with Crippen LogP contribution < -0.4 is 0 Å². The van der Waals surface area contributed by atoms with E-state index in [2.05, 4.69) is 0 Å². The lowest BCUT2D eigenvalue weighted by Gasteiger charge is -2.42. The van der Waals surface area contributed by atoms with Gasteiger partial charge in [-0.15, -0.1) is 0 Å². The summed E-state index contributed by atoms with van der Waals surface area (Å²) in [7, 11) is 0. The largest absolute Gasteiger partial charge is 0.423 e. The Labute approximate surface area is 139 Å². The number of rotatable bonds is 8. The van der Waals surface area contributed by atoms with Gasteiger partial charge in [0, 0.05) is 0 Å². The Balaban J connectivity index is 6.72. The summed E-state index contributed by atoms with van der Waals surface area (Å²) >= 11 is 0. The molecule has 1 N–H and O–H groups in total. The third kappa shape index (κ3) is 3.03. The molecule has 0 radical (unpaired) electrons. The van der Waals surface area contributed by atoms with E-state index in [9.17, 15) is 79.0 Å². The van der Waals surface area contributed by atoms with E-state index in [1.165, 1.54) is 0 Å². The summed E-state index contributed by atoms with van der Waals surface area (Å²) < 4.78 is 226. The third-order valence-corrected chi connectivity index (χ3v) is 3.04. The minimum atomic E-state index is -8.78. The van der Waals surface area contributed by atoms with Crippen LogP contribution in [0.15, 0.2) is 0 Å². The first-order chi connectivity index (χ1) is 11.7. The second-order valence-electron chi connectivity index (χ2n) is 4.91. The van der Waals surface area contributed by atoms with Crippen molar-refractivity contribution in [1.29, 1.82) is 0 Å². The molecule has 0 spiro atoms. The highest BCUT2D eigenvalue weighted by molar-refractivity contribution is 5.15. The lowest BCUT2D eigenvalue weighted by Crippen LogP contribution is -2.75. The fraction of sp³-hybridized carbons (Fsp3) is 1.00. The molecule has 28 heavy (non-hydrogen) atoms. The van der Waals surface area contributed by atoms with Crippen molar-refractivity contribution < 1.29 is 84.1 Å².